The first kappa shape index (κ1) is 23.9. The van der Waals surface area contributed by atoms with Crippen molar-refractivity contribution in [3.05, 3.63) is 84.1 Å². The molecule has 9 heteroatoms. The molecule has 0 saturated carbocycles. The first-order valence-corrected chi connectivity index (χ1v) is 12.6. The molecule has 1 aromatic heterocycles. The molecule has 2 unspecified atom stereocenters. The Kier molecular flexibility index (Phi) is 7.26. The van der Waals surface area contributed by atoms with Crippen molar-refractivity contribution in [3.8, 4) is 0 Å². The van der Waals surface area contributed by atoms with Crippen LogP contribution in [-0.2, 0) is 21.3 Å². The van der Waals surface area contributed by atoms with Crippen LogP contribution >= 0.6 is 0 Å². The molecule has 0 spiro atoms. The number of hydrogen-bond donors (Lipinski definition) is 2. The monoisotopic (exact) mass is 480 g/mol. The highest BCUT2D eigenvalue weighted by atomic mass is 32.2. The van der Waals surface area contributed by atoms with Crippen LogP contribution < -0.4 is 14.9 Å². The highest BCUT2D eigenvalue weighted by Gasteiger charge is 2.23. The van der Waals surface area contributed by atoms with Gasteiger partial charge in [-0.1, -0.05) is 30.3 Å². The highest BCUT2D eigenvalue weighted by molar-refractivity contribution is 7.89. The molecule has 178 valence electrons. The minimum absolute atomic E-state index is 0.128. The van der Waals surface area contributed by atoms with E-state index in [0.29, 0.717) is 11.3 Å². The molecule has 8 nitrogen and oxygen atoms in total. The number of aromatic nitrogens is 1. The van der Waals surface area contributed by atoms with E-state index in [4.69, 9.17) is 4.74 Å². The van der Waals surface area contributed by atoms with Gasteiger partial charge in [0, 0.05) is 25.2 Å². The van der Waals surface area contributed by atoms with Crippen molar-refractivity contribution < 1.29 is 17.9 Å². The van der Waals surface area contributed by atoms with E-state index in [0.717, 1.165) is 24.5 Å². The number of morpholine rings is 1. The number of carbonyl (C=O) groups excluding carboxylic acids is 1. The van der Waals surface area contributed by atoms with Gasteiger partial charge in [-0.25, -0.2) is 18.1 Å². The zero-order valence-corrected chi connectivity index (χ0v) is 20.0. The normalized spacial score (nSPS) is 18.5. The van der Waals surface area contributed by atoms with Crippen LogP contribution in [-0.4, -0.2) is 44.6 Å². The quantitative estimate of drug-likeness (QED) is 0.537. The van der Waals surface area contributed by atoms with Gasteiger partial charge in [0.25, 0.3) is 5.91 Å². The van der Waals surface area contributed by atoms with Gasteiger partial charge in [0.1, 0.15) is 5.82 Å². The van der Waals surface area contributed by atoms with Crippen molar-refractivity contribution in [2.75, 3.05) is 23.3 Å². The van der Waals surface area contributed by atoms with Gasteiger partial charge in [0.2, 0.25) is 10.0 Å². The molecule has 1 amide bonds. The van der Waals surface area contributed by atoms with Crippen molar-refractivity contribution in [3.63, 3.8) is 0 Å². The summed E-state index contributed by atoms with van der Waals surface area (Å²) >= 11 is 0. The van der Waals surface area contributed by atoms with Crippen molar-refractivity contribution in [1.82, 2.24) is 9.71 Å². The maximum atomic E-state index is 12.6. The molecule has 2 N–H and O–H groups in total. The smallest absolute Gasteiger partial charge is 0.255 e. The van der Waals surface area contributed by atoms with Crippen LogP contribution in [0.15, 0.2) is 77.8 Å². The van der Waals surface area contributed by atoms with Gasteiger partial charge < -0.3 is 15.0 Å². The Balaban J connectivity index is 1.33. The van der Waals surface area contributed by atoms with Gasteiger partial charge in [-0.15, -0.1) is 0 Å². The topological polar surface area (TPSA) is 101 Å². The van der Waals surface area contributed by atoms with Gasteiger partial charge >= 0.3 is 0 Å². The average Bonchev–Trinajstić information content (AvgIpc) is 2.83. The van der Waals surface area contributed by atoms with Crippen LogP contribution in [0.25, 0.3) is 0 Å². The number of ether oxygens (including phenoxy) is 1. The Morgan fingerprint density at radius 1 is 1.00 bits per heavy atom. The predicted molar refractivity (Wildman–Crippen MR) is 131 cm³/mol. The molecular weight excluding hydrogens is 452 g/mol. The van der Waals surface area contributed by atoms with Crippen LogP contribution in [0.3, 0.4) is 0 Å². The lowest BCUT2D eigenvalue weighted by Crippen LogP contribution is -2.45. The molecule has 34 heavy (non-hydrogen) atoms. The third kappa shape index (κ3) is 5.99. The summed E-state index contributed by atoms with van der Waals surface area (Å²) in [6.45, 7) is 5.76. The fraction of sp³-hybridized carbons (Fsp3) is 0.280. The summed E-state index contributed by atoms with van der Waals surface area (Å²) in [7, 11) is -3.59. The molecule has 3 aromatic rings. The summed E-state index contributed by atoms with van der Waals surface area (Å²) < 4.78 is 33.0. The second-order valence-corrected chi connectivity index (χ2v) is 10.1. The van der Waals surface area contributed by atoms with E-state index >= 15 is 0 Å². The summed E-state index contributed by atoms with van der Waals surface area (Å²) in [6.07, 6.45) is 1.92. The number of amides is 1. The fourth-order valence-electron chi connectivity index (χ4n) is 3.85. The molecular formula is C25H28N4O4S. The van der Waals surface area contributed by atoms with Gasteiger partial charge in [-0.2, -0.15) is 0 Å². The number of sulfonamides is 1. The SMILES string of the molecule is CC1CN(c2ccc(NC(=O)c3ccc(CNS(=O)(=O)c4ccccc4)cc3)cn2)CC(C)O1. The van der Waals surface area contributed by atoms with E-state index in [1.54, 1.807) is 60.8 Å². The molecule has 2 aromatic carbocycles. The van der Waals surface area contributed by atoms with Crippen molar-refractivity contribution >= 4 is 27.4 Å². The Morgan fingerprint density at radius 2 is 1.68 bits per heavy atom. The molecule has 0 aliphatic carbocycles. The molecule has 0 radical (unpaired) electrons. The van der Waals surface area contributed by atoms with Crippen molar-refractivity contribution in [2.45, 2.75) is 37.5 Å². The number of rotatable bonds is 7. The lowest BCUT2D eigenvalue weighted by atomic mass is 10.1. The molecule has 4 rings (SSSR count). The number of pyridine rings is 1. The minimum atomic E-state index is -3.59. The summed E-state index contributed by atoms with van der Waals surface area (Å²) in [6, 6.07) is 18.7. The number of benzene rings is 2. The van der Waals surface area contributed by atoms with Crippen molar-refractivity contribution in [1.29, 1.82) is 0 Å². The zero-order valence-electron chi connectivity index (χ0n) is 19.1. The second kappa shape index (κ2) is 10.3. The summed E-state index contributed by atoms with van der Waals surface area (Å²) in [4.78, 5) is 19.5. The third-order valence-electron chi connectivity index (χ3n) is 5.49. The minimum Gasteiger partial charge on any atom is -0.372 e. The zero-order chi connectivity index (χ0) is 24.1. The number of anilines is 2. The molecule has 1 saturated heterocycles. The predicted octanol–water partition coefficient (Wildman–Crippen LogP) is 3.43. The molecule has 1 aliphatic rings. The average molecular weight is 481 g/mol. The van der Waals surface area contributed by atoms with Gasteiger partial charge in [0.05, 0.1) is 29.0 Å². The number of carbonyl (C=O) groups is 1. The van der Waals surface area contributed by atoms with Gasteiger partial charge in [-0.05, 0) is 55.8 Å². The van der Waals surface area contributed by atoms with E-state index in [1.807, 2.05) is 26.0 Å². The largest absolute Gasteiger partial charge is 0.372 e. The fourth-order valence-corrected chi connectivity index (χ4v) is 4.89. The summed E-state index contributed by atoms with van der Waals surface area (Å²) in [5.74, 6) is 0.585. The van der Waals surface area contributed by atoms with Gasteiger partial charge in [0.15, 0.2) is 0 Å². The summed E-state index contributed by atoms with van der Waals surface area (Å²) in [5.41, 5.74) is 1.81. The van der Waals surface area contributed by atoms with Crippen LogP contribution in [0.2, 0.25) is 0 Å². The van der Waals surface area contributed by atoms with E-state index in [-0.39, 0.29) is 29.6 Å². The maximum Gasteiger partial charge on any atom is 0.255 e. The Morgan fingerprint density at radius 3 is 2.29 bits per heavy atom. The number of nitrogens with zero attached hydrogens (tertiary/aromatic N) is 2. The van der Waals surface area contributed by atoms with Crippen LogP contribution in [0, 0.1) is 0 Å². The second-order valence-electron chi connectivity index (χ2n) is 8.36. The number of hydrogen-bond acceptors (Lipinski definition) is 6. The molecule has 1 aliphatic heterocycles. The third-order valence-corrected chi connectivity index (χ3v) is 6.90. The lowest BCUT2D eigenvalue weighted by Gasteiger charge is -2.36. The molecule has 0 bridgehead atoms. The molecule has 1 fully saturated rings. The van der Waals surface area contributed by atoms with E-state index in [2.05, 4.69) is 19.9 Å². The standard InChI is InChI=1S/C25H28N4O4S/c1-18-16-29(17-19(2)33-18)24-13-12-22(15-26-24)28-25(30)21-10-8-20(9-11-21)14-27-34(31,32)23-6-4-3-5-7-23/h3-13,15,18-19,27H,14,16-17H2,1-2H3,(H,28,30). The van der Waals surface area contributed by atoms with Crippen LogP contribution in [0.5, 0.6) is 0 Å². The molecule has 2 atom stereocenters. The van der Waals surface area contributed by atoms with E-state index in [1.165, 1.54) is 0 Å². The van der Waals surface area contributed by atoms with Gasteiger partial charge in [-0.3, -0.25) is 4.79 Å². The van der Waals surface area contributed by atoms with E-state index in [9.17, 15) is 13.2 Å². The van der Waals surface area contributed by atoms with E-state index < -0.39 is 10.0 Å². The Labute approximate surface area is 200 Å². The number of nitrogens with one attached hydrogen (secondary N) is 2. The first-order valence-electron chi connectivity index (χ1n) is 11.1. The molecule has 2 heterocycles. The van der Waals surface area contributed by atoms with Crippen LogP contribution in [0.4, 0.5) is 11.5 Å². The van der Waals surface area contributed by atoms with Crippen molar-refractivity contribution in [2.24, 2.45) is 0 Å². The maximum absolute atomic E-state index is 12.6. The highest BCUT2D eigenvalue weighted by Crippen LogP contribution is 2.20. The Hall–Kier alpha value is -3.27. The first-order chi connectivity index (χ1) is 16.3. The van der Waals surface area contributed by atoms with Crippen LogP contribution in [0.1, 0.15) is 29.8 Å². The Bertz CT molecular complexity index is 1210. The lowest BCUT2D eigenvalue weighted by molar-refractivity contribution is -0.00545. The summed E-state index contributed by atoms with van der Waals surface area (Å²) in [5, 5.41) is 2.85.